The van der Waals surface area contributed by atoms with Crippen LogP contribution < -0.4 is 47.3 Å². The number of sulfone groups is 3. The third-order valence-electron chi connectivity index (χ3n) is 24.6. The van der Waals surface area contributed by atoms with Gasteiger partial charge in [-0.1, -0.05) is 143 Å². The molecule has 1 amide bonds. The number of aromatic nitrogens is 12. The van der Waals surface area contributed by atoms with Gasteiger partial charge in [-0.15, -0.1) is 20.4 Å². The first kappa shape index (κ1) is 108. The lowest BCUT2D eigenvalue weighted by Gasteiger charge is -2.38. The van der Waals surface area contributed by atoms with Crippen molar-refractivity contribution >= 4 is 168 Å². The second-order valence-corrected chi connectivity index (χ2v) is 46.0. The number of amides is 1. The average molecular weight is 2100 g/mol. The number of aromatic amines is 4. The summed E-state index contributed by atoms with van der Waals surface area (Å²) in [5, 5.41) is 30.5. The fraction of sp³-hybridized carbons (Fsp3) is 0.426. The number of benzene rings is 7. The van der Waals surface area contributed by atoms with Crippen LogP contribution in [-0.2, 0) is 89.6 Å². The monoisotopic (exact) mass is 2090 g/mol. The molecule has 4 fully saturated rings. The molecule has 0 saturated carbocycles. The summed E-state index contributed by atoms with van der Waals surface area (Å²) in [5.41, 5.74) is 31.3. The third-order valence-corrected chi connectivity index (χ3v) is 29.7. The van der Waals surface area contributed by atoms with Gasteiger partial charge in [0.2, 0.25) is 57.6 Å². The molecule has 752 valence electrons. The fourth-order valence-electron chi connectivity index (χ4n) is 17.4. The molecule has 7 aromatic carbocycles. The van der Waals surface area contributed by atoms with Crippen LogP contribution in [0.1, 0.15) is 128 Å². The van der Waals surface area contributed by atoms with Gasteiger partial charge >= 0.3 is 0 Å². The van der Waals surface area contributed by atoms with Gasteiger partial charge in [-0.25, -0.2) is 58.8 Å². The van der Waals surface area contributed by atoms with E-state index < -0.39 is 68.5 Å². The normalized spacial score (nSPS) is 15.0. The topological polar surface area (TPSA) is 513 Å². The largest absolute Gasteiger partial charge is 0.368 e. The van der Waals surface area contributed by atoms with Gasteiger partial charge in [0.25, 0.3) is 5.91 Å². The Morgan fingerprint density at radius 2 is 0.679 bits per heavy atom. The molecule has 37 nitrogen and oxygen atoms in total. The van der Waals surface area contributed by atoms with Gasteiger partial charge in [0.15, 0.2) is 41.1 Å². The summed E-state index contributed by atoms with van der Waals surface area (Å²) < 4.78 is 95.8. The Kier molecular flexibility index (Phi) is 39.0. The Bertz CT molecular complexity index is 6400. The summed E-state index contributed by atoms with van der Waals surface area (Å²) >= 11 is 30.4. The number of nitrogens with two attached hydrogens (primary N) is 4. The minimum absolute atomic E-state index is 0.0229. The van der Waals surface area contributed by atoms with Crippen LogP contribution >= 0.6 is 58.0 Å². The van der Waals surface area contributed by atoms with Crippen molar-refractivity contribution in [2.75, 3.05) is 169 Å². The fourth-order valence-corrected chi connectivity index (χ4v) is 21.1. The number of piperidine rings is 4. The molecule has 11 aromatic rings. The SMILES string of the molecule is CC(=O)CS(=O)(=O)CCN(CCc1ccc(Cl)cc1)C1CCN(c2n[nH]c(N)n2)CC1.CS(=O)(=O)CC(=O)c1cc(CN(CCc2ccc(Cl)cc2)C2CCN(c3n[nH]c(N)n3)CC2)ccc1Cl.CS(=O)(=O)CC(=O)c1cccc(CN(CCc2ccc(Cl)cc2)C2CCN(c3n[nH]c(N)n3)CC2)c1.CS(=O)(=O)NC(=O)c1ccc(CN(CCc2ccc(Cl)cc2)C2CCN(c3n[nH]c(N)n3)CC2)cc1. The maximum absolute atomic E-state index is 12.6. The molecular formula is C94H120Cl5N25O12S4. The zero-order valence-electron chi connectivity index (χ0n) is 78.4. The van der Waals surface area contributed by atoms with Crippen molar-refractivity contribution in [2.45, 2.75) is 128 Å². The second-order valence-electron chi connectivity index (χ2n) is 35.6. The number of anilines is 8. The van der Waals surface area contributed by atoms with E-state index in [1.165, 1.54) is 23.6 Å². The maximum atomic E-state index is 12.6. The number of nitrogens with zero attached hydrogens (tertiary/aromatic N) is 16. The van der Waals surface area contributed by atoms with E-state index in [0.717, 1.165) is 202 Å². The van der Waals surface area contributed by atoms with Crippen molar-refractivity contribution < 1.29 is 52.8 Å². The van der Waals surface area contributed by atoms with Gasteiger partial charge < -0.3 is 42.5 Å². The summed E-state index contributed by atoms with van der Waals surface area (Å²) in [6.07, 6.45) is 13.7. The van der Waals surface area contributed by atoms with Gasteiger partial charge in [-0.3, -0.25) is 38.8 Å². The second kappa shape index (κ2) is 50.6. The highest BCUT2D eigenvalue weighted by atomic mass is 35.5. The molecule has 0 atom stereocenters. The number of nitrogen functional groups attached to an aromatic ring is 4. The van der Waals surface area contributed by atoms with Crippen molar-refractivity contribution in [1.29, 1.82) is 0 Å². The highest BCUT2D eigenvalue weighted by Crippen LogP contribution is 2.31. The van der Waals surface area contributed by atoms with Crippen LogP contribution in [0.4, 0.5) is 47.6 Å². The highest BCUT2D eigenvalue weighted by molar-refractivity contribution is 7.92. The number of ketones is 3. The average Bonchev–Trinajstić information content (AvgIpc) is 1.83. The number of hydrogen-bond donors (Lipinski definition) is 9. The number of halogens is 5. The molecule has 8 heterocycles. The maximum Gasteiger partial charge on any atom is 0.264 e. The van der Waals surface area contributed by atoms with Crippen LogP contribution in [-0.4, -0.2) is 288 Å². The van der Waals surface area contributed by atoms with E-state index in [9.17, 15) is 52.8 Å². The molecule has 0 bridgehead atoms. The van der Waals surface area contributed by atoms with Crippen LogP contribution in [0.2, 0.25) is 25.1 Å². The van der Waals surface area contributed by atoms with Crippen molar-refractivity contribution in [1.82, 2.24) is 85.0 Å². The Morgan fingerprint density at radius 3 is 1.00 bits per heavy atom. The smallest absolute Gasteiger partial charge is 0.264 e. The van der Waals surface area contributed by atoms with Gasteiger partial charge in [0.05, 0.1) is 17.0 Å². The van der Waals surface area contributed by atoms with Crippen LogP contribution in [0.25, 0.3) is 0 Å². The van der Waals surface area contributed by atoms with Crippen molar-refractivity contribution in [2.24, 2.45) is 0 Å². The lowest BCUT2D eigenvalue weighted by Crippen LogP contribution is -2.47. The molecule has 0 aliphatic carbocycles. The van der Waals surface area contributed by atoms with Gasteiger partial charge in [0, 0.05) is 178 Å². The number of Topliss-reactive ketones (excluding diaryl/α,β-unsaturated/α-hetero) is 3. The molecule has 13 N–H and O–H groups in total. The van der Waals surface area contributed by atoms with Crippen LogP contribution in [0, 0.1) is 0 Å². The van der Waals surface area contributed by atoms with Crippen molar-refractivity contribution in [3.63, 3.8) is 0 Å². The Balaban J connectivity index is 0.000000167. The number of rotatable bonds is 39. The highest BCUT2D eigenvalue weighted by Gasteiger charge is 2.33. The quantitative estimate of drug-likeness (QED) is 0.0162. The lowest BCUT2D eigenvalue weighted by molar-refractivity contribution is -0.114. The predicted octanol–water partition coefficient (Wildman–Crippen LogP) is 10.6. The molecule has 0 unspecified atom stereocenters. The van der Waals surface area contributed by atoms with Crippen molar-refractivity contribution in [3.05, 3.63) is 245 Å². The summed E-state index contributed by atoms with van der Waals surface area (Å²) in [7, 11) is -13.9. The van der Waals surface area contributed by atoms with Crippen molar-refractivity contribution in [3.8, 4) is 0 Å². The molecule has 0 radical (unpaired) electrons. The van der Waals surface area contributed by atoms with Gasteiger partial charge in [-0.05, 0) is 202 Å². The molecule has 46 heteroatoms. The number of H-pyrrole nitrogens is 4. The molecule has 4 saturated heterocycles. The van der Waals surface area contributed by atoms with E-state index in [1.807, 2.05) is 138 Å². The Morgan fingerprint density at radius 1 is 0.371 bits per heavy atom. The number of nitrogens with one attached hydrogen (secondary N) is 5. The summed E-state index contributed by atoms with van der Waals surface area (Å²) in [6, 6.07) is 52.2. The molecule has 4 aliphatic heterocycles. The van der Waals surface area contributed by atoms with E-state index >= 15 is 0 Å². The minimum Gasteiger partial charge on any atom is -0.368 e. The first-order valence-corrected chi connectivity index (χ1v) is 55.6. The Hall–Kier alpha value is -10.9. The van der Waals surface area contributed by atoms with Crippen LogP contribution in [0.5, 0.6) is 0 Å². The van der Waals surface area contributed by atoms with Gasteiger partial charge in [-0.2, -0.15) is 19.9 Å². The van der Waals surface area contributed by atoms with E-state index in [0.29, 0.717) is 112 Å². The number of hydrogen-bond acceptors (Lipinski definition) is 32. The first-order chi connectivity index (χ1) is 66.6. The summed E-state index contributed by atoms with van der Waals surface area (Å²) in [5.74, 6) is 0.327. The molecule has 4 aliphatic rings. The zero-order valence-corrected chi connectivity index (χ0v) is 85.5. The van der Waals surface area contributed by atoms with E-state index in [1.54, 1.807) is 30.3 Å². The summed E-state index contributed by atoms with van der Waals surface area (Å²) in [6.45, 7) is 13.3. The molecule has 0 spiro atoms. The number of carbonyl (C=O) groups is 4. The van der Waals surface area contributed by atoms with Crippen LogP contribution in [0.3, 0.4) is 0 Å². The lowest BCUT2D eigenvalue weighted by atomic mass is 10.0. The standard InChI is InChI=1S/C25H30Cl2N6O3S.C25H31ClN6O3S.C24H30ClN7O3S.C20H29ClN6O3S/c1-37(35,36)16-23(34)21-14-18(4-7-22(21)27)15-33(11-8-17-2-5-19(26)6-3-17)20-9-12-32(13-10-20)25-29-24(28)30-31-25;1-36(34,35)17-23(33)20-4-2-3-19(15-20)16-32(12-9-18-5-7-21(26)8-6-18)22-10-13-31(14-11-22)25-28-24(27)29-30-25;1-36(34,35)30-22(33)19-6-2-18(3-7-19)16-32(13-10-17-4-8-20(25)9-5-17)21-11-14-31(15-12-21)24-27-23(26)28-29-24;1-15(28)14-31(29,30)13-12-26(9-6-16-2-4-17(21)5-3-16)18-7-10-27(11-8-18)20-23-19(22)24-25-20/h2-7,14,20H,8-13,15-16H2,1H3,(H3,28,29,30,31);2-8,15,22H,9-14,16-17H2,1H3,(H3,27,28,29,30);2-9,21H,10-16H2,1H3,(H,30,33)(H3,26,27,28,29);2-5,18H,6-14H2,1H3,(H3,22,23,24,25). The molecule has 140 heavy (non-hydrogen) atoms. The van der Waals surface area contributed by atoms with E-state index in [4.69, 9.17) is 80.9 Å². The first-order valence-electron chi connectivity index (χ1n) is 45.9. The van der Waals surface area contributed by atoms with E-state index in [2.05, 4.69) is 99.9 Å². The minimum atomic E-state index is -3.61. The molecule has 15 rings (SSSR count). The Labute approximate surface area is 841 Å². The predicted molar refractivity (Wildman–Crippen MR) is 552 cm³/mol. The molecule has 4 aromatic heterocycles. The zero-order chi connectivity index (χ0) is 100. The third kappa shape index (κ3) is 35.0. The van der Waals surface area contributed by atoms with E-state index in [-0.39, 0.29) is 39.9 Å². The van der Waals surface area contributed by atoms with Gasteiger partial charge in [0.1, 0.15) is 23.0 Å². The van der Waals surface area contributed by atoms with Crippen LogP contribution in [0.15, 0.2) is 164 Å². The summed E-state index contributed by atoms with van der Waals surface area (Å²) in [4.78, 5) is 83.4. The number of carbonyl (C=O) groups excluding carboxylic acids is 4. The molecular weight excluding hydrogens is 1980 g/mol. The number of sulfonamides is 1.